The SMILES string of the molecule is Cc1cc(C)c(COc2ccc(B(O)O)cc2)c(C)c1. The molecule has 0 bridgehead atoms. The predicted octanol–water partition coefficient (Wildman–Crippen LogP) is 1.87. The quantitative estimate of drug-likeness (QED) is 0.834. The average Bonchev–Trinajstić information content (AvgIpc) is 2.38. The fraction of sp³-hybridized carbons (Fsp3) is 0.250. The molecule has 0 aromatic heterocycles. The molecule has 4 heteroatoms. The average molecular weight is 270 g/mol. The molecular formula is C16H19BO3. The van der Waals surface area contributed by atoms with Crippen LogP contribution in [0, 0.1) is 20.8 Å². The van der Waals surface area contributed by atoms with Gasteiger partial charge in [-0.15, -0.1) is 0 Å². The first-order valence-corrected chi connectivity index (χ1v) is 6.63. The van der Waals surface area contributed by atoms with Crippen LogP contribution in [-0.4, -0.2) is 17.2 Å². The van der Waals surface area contributed by atoms with Gasteiger partial charge in [-0.05, 0) is 55.1 Å². The lowest BCUT2D eigenvalue weighted by Gasteiger charge is -2.13. The molecular weight excluding hydrogens is 251 g/mol. The van der Waals surface area contributed by atoms with E-state index in [1.807, 2.05) is 0 Å². The van der Waals surface area contributed by atoms with E-state index in [-0.39, 0.29) is 0 Å². The number of rotatable bonds is 4. The Hall–Kier alpha value is -1.78. The third kappa shape index (κ3) is 3.41. The molecule has 2 aromatic rings. The topological polar surface area (TPSA) is 49.7 Å². The molecule has 0 fully saturated rings. The van der Waals surface area contributed by atoms with Gasteiger partial charge in [0, 0.05) is 0 Å². The molecule has 104 valence electrons. The number of aryl methyl sites for hydroxylation is 3. The van der Waals surface area contributed by atoms with E-state index in [4.69, 9.17) is 14.8 Å². The van der Waals surface area contributed by atoms with Crippen LogP contribution >= 0.6 is 0 Å². The standard InChI is InChI=1S/C16H19BO3/c1-11-8-12(2)16(13(3)9-11)10-20-15-6-4-14(5-7-15)17(18)19/h4-9,18-19H,10H2,1-3H3. The van der Waals surface area contributed by atoms with Gasteiger partial charge in [-0.3, -0.25) is 0 Å². The summed E-state index contributed by atoms with van der Waals surface area (Å²) in [7, 11) is -1.44. The zero-order valence-electron chi connectivity index (χ0n) is 12.1. The van der Waals surface area contributed by atoms with E-state index in [0.717, 1.165) is 0 Å². The molecule has 0 aliphatic rings. The molecule has 0 aliphatic carbocycles. The van der Waals surface area contributed by atoms with E-state index in [2.05, 4.69) is 32.9 Å². The summed E-state index contributed by atoms with van der Waals surface area (Å²) >= 11 is 0. The maximum absolute atomic E-state index is 9.04. The lowest BCUT2D eigenvalue weighted by atomic mass is 9.80. The first kappa shape index (κ1) is 14.6. The molecule has 0 aliphatic heterocycles. The van der Waals surface area contributed by atoms with E-state index in [1.165, 1.54) is 22.3 Å². The van der Waals surface area contributed by atoms with Crippen molar-refractivity contribution in [3.63, 3.8) is 0 Å². The Labute approximate surface area is 120 Å². The molecule has 0 heterocycles. The summed E-state index contributed by atoms with van der Waals surface area (Å²) in [4.78, 5) is 0. The van der Waals surface area contributed by atoms with Gasteiger partial charge >= 0.3 is 7.12 Å². The van der Waals surface area contributed by atoms with Crippen LogP contribution in [0.15, 0.2) is 36.4 Å². The number of hydrogen-bond acceptors (Lipinski definition) is 3. The normalized spacial score (nSPS) is 10.4. The highest BCUT2D eigenvalue weighted by atomic mass is 16.5. The van der Waals surface area contributed by atoms with Crippen molar-refractivity contribution in [2.45, 2.75) is 27.4 Å². The Morgan fingerprint density at radius 3 is 2.00 bits per heavy atom. The second kappa shape index (κ2) is 6.12. The van der Waals surface area contributed by atoms with Crippen molar-refractivity contribution in [3.05, 3.63) is 58.7 Å². The molecule has 20 heavy (non-hydrogen) atoms. The summed E-state index contributed by atoms with van der Waals surface area (Å²) in [5.41, 5.74) is 5.36. The molecule has 0 saturated heterocycles. The number of benzene rings is 2. The molecule has 0 unspecified atom stereocenters. The smallest absolute Gasteiger partial charge is 0.488 e. The van der Waals surface area contributed by atoms with E-state index < -0.39 is 7.12 Å². The summed E-state index contributed by atoms with van der Waals surface area (Å²) in [6, 6.07) is 11.1. The lowest BCUT2D eigenvalue weighted by molar-refractivity contribution is 0.304. The Bertz CT molecular complexity index is 568. The summed E-state index contributed by atoms with van der Waals surface area (Å²) in [5.74, 6) is 0.716. The molecule has 0 spiro atoms. The summed E-state index contributed by atoms with van der Waals surface area (Å²) in [6.07, 6.45) is 0. The van der Waals surface area contributed by atoms with Crippen molar-refractivity contribution in [1.29, 1.82) is 0 Å². The second-order valence-corrected chi connectivity index (χ2v) is 5.11. The molecule has 0 atom stereocenters. The molecule has 2 N–H and O–H groups in total. The first-order chi connectivity index (χ1) is 9.47. The largest absolute Gasteiger partial charge is 0.489 e. The van der Waals surface area contributed by atoms with Gasteiger partial charge in [0.25, 0.3) is 0 Å². The van der Waals surface area contributed by atoms with Crippen molar-refractivity contribution in [2.24, 2.45) is 0 Å². The van der Waals surface area contributed by atoms with Gasteiger partial charge in [0.1, 0.15) is 12.4 Å². The highest BCUT2D eigenvalue weighted by Crippen LogP contribution is 2.19. The van der Waals surface area contributed by atoms with E-state index in [9.17, 15) is 0 Å². The lowest BCUT2D eigenvalue weighted by Crippen LogP contribution is -2.29. The van der Waals surface area contributed by atoms with Crippen molar-refractivity contribution in [3.8, 4) is 5.75 Å². The minimum absolute atomic E-state index is 0.458. The summed E-state index contributed by atoms with van der Waals surface area (Å²) in [5, 5.41) is 18.1. The molecule has 2 rings (SSSR count). The van der Waals surface area contributed by atoms with Crippen LogP contribution in [0.25, 0.3) is 0 Å². The van der Waals surface area contributed by atoms with Gasteiger partial charge in [0.05, 0.1) is 0 Å². The Kier molecular flexibility index (Phi) is 4.48. The summed E-state index contributed by atoms with van der Waals surface area (Å²) in [6.45, 7) is 6.77. The molecule has 0 radical (unpaired) electrons. The Morgan fingerprint density at radius 1 is 0.950 bits per heavy atom. The summed E-state index contributed by atoms with van der Waals surface area (Å²) < 4.78 is 5.77. The predicted molar refractivity (Wildman–Crippen MR) is 81.3 cm³/mol. The van der Waals surface area contributed by atoms with Gasteiger partial charge < -0.3 is 14.8 Å². The van der Waals surface area contributed by atoms with Crippen LogP contribution in [0.2, 0.25) is 0 Å². The third-order valence-electron chi connectivity index (χ3n) is 3.40. The molecule has 3 nitrogen and oxygen atoms in total. The van der Waals surface area contributed by atoms with Crippen LogP contribution in [-0.2, 0) is 6.61 Å². The van der Waals surface area contributed by atoms with E-state index in [1.54, 1.807) is 24.3 Å². The Morgan fingerprint density at radius 2 is 1.50 bits per heavy atom. The van der Waals surface area contributed by atoms with E-state index in [0.29, 0.717) is 17.8 Å². The van der Waals surface area contributed by atoms with Crippen LogP contribution in [0.3, 0.4) is 0 Å². The minimum atomic E-state index is -1.44. The van der Waals surface area contributed by atoms with Gasteiger partial charge in [-0.25, -0.2) is 0 Å². The Balaban J connectivity index is 2.09. The van der Waals surface area contributed by atoms with Gasteiger partial charge in [-0.2, -0.15) is 0 Å². The highest BCUT2D eigenvalue weighted by molar-refractivity contribution is 6.58. The van der Waals surface area contributed by atoms with Crippen molar-refractivity contribution in [1.82, 2.24) is 0 Å². The zero-order valence-corrected chi connectivity index (χ0v) is 12.1. The van der Waals surface area contributed by atoms with E-state index >= 15 is 0 Å². The first-order valence-electron chi connectivity index (χ1n) is 6.63. The fourth-order valence-electron chi connectivity index (χ4n) is 2.33. The van der Waals surface area contributed by atoms with Crippen molar-refractivity contribution >= 4 is 12.6 Å². The number of ether oxygens (including phenoxy) is 1. The van der Waals surface area contributed by atoms with Gasteiger partial charge in [0.2, 0.25) is 0 Å². The van der Waals surface area contributed by atoms with Gasteiger partial charge in [-0.1, -0.05) is 29.8 Å². The van der Waals surface area contributed by atoms with Crippen LogP contribution < -0.4 is 10.2 Å². The highest BCUT2D eigenvalue weighted by Gasteiger charge is 2.10. The van der Waals surface area contributed by atoms with Crippen molar-refractivity contribution < 1.29 is 14.8 Å². The second-order valence-electron chi connectivity index (χ2n) is 5.11. The molecule has 0 saturated carbocycles. The van der Waals surface area contributed by atoms with Crippen LogP contribution in [0.4, 0.5) is 0 Å². The third-order valence-corrected chi connectivity index (χ3v) is 3.40. The zero-order chi connectivity index (χ0) is 14.7. The fourth-order valence-corrected chi connectivity index (χ4v) is 2.33. The monoisotopic (exact) mass is 270 g/mol. The van der Waals surface area contributed by atoms with Crippen LogP contribution in [0.5, 0.6) is 5.75 Å². The van der Waals surface area contributed by atoms with Crippen molar-refractivity contribution in [2.75, 3.05) is 0 Å². The van der Waals surface area contributed by atoms with Crippen LogP contribution in [0.1, 0.15) is 22.3 Å². The number of hydrogen-bond donors (Lipinski definition) is 2. The van der Waals surface area contributed by atoms with Gasteiger partial charge in [0.15, 0.2) is 0 Å². The maximum Gasteiger partial charge on any atom is 0.488 e. The minimum Gasteiger partial charge on any atom is -0.489 e. The molecule has 0 amide bonds. The molecule has 2 aromatic carbocycles. The maximum atomic E-state index is 9.04.